The molecule has 0 spiro atoms. The lowest BCUT2D eigenvalue weighted by Gasteiger charge is -2.17. The number of carbonyl (C=O) groups is 3. The Morgan fingerprint density at radius 3 is 2.37 bits per heavy atom. The van der Waals surface area contributed by atoms with Crippen LogP contribution in [0.15, 0.2) is 77.7 Å². The van der Waals surface area contributed by atoms with Crippen molar-refractivity contribution in [3.05, 3.63) is 94.5 Å². The van der Waals surface area contributed by atoms with Crippen LogP contribution >= 0.6 is 0 Å². The largest absolute Gasteiger partial charge is 0.494 e. The summed E-state index contributed by atoms with van der Waals surface area (Å²) in [5.41, 5.74) is 1.87. The molecular weight excluding hydrogens is 526 g/mol. The van der Waals surface area contributed by atoms with Gasteiger partial charge in [-0.2, -0.15) is 0 Å². The Morgan fingerprint density at radius 2 is 1.68 bits per heavy atom. The zero-order chi connectivity index (χ0) is 28.9. The first-order chi connectivity index (χ1) is 19.9. The number of nitrogens with one attached hydrogen (secondary N) is 4. The Morgan fingerprint density at radius 1 is 0.902 bits per heavy atom. The Bertz CT molecular complexity index is 1680. The SMILES string of the molecule is CNC(=O)c1nnc(NC(=O)C2CC2)cc1Nc1cccc(C(=O)Nc2ccc(-n3ccccc3=O)cc2)c1OC. The minimum Gasteiger partial charge on any atom is -0.494 e. The van der Waals surface area contributed by atoms with Crippen LogP contribution in [0, 0.1) is 5.92 Å². The van der Waals surface area contributed by atoms with E-state index in [2.05, 4.69) is 31.5 Å². The summed E-state index contributed by atoms with van der Waals surface area (Å²) >= 11 is 0. The molecule has 0 radical (unpaired) electrons. The number of carbonyl (C=O) groups excluding carboxylic acids is 3. The number of hydrogen-bond donors (Lipinski definition) is 4. The summed E-state index contributed by atoms with van der Waals surface area (Å²) in [6, 6.07) is 18.2. The maximum absolute atomic E-state index is 13.3. The van der Waals surface area contributed by atoms with Gasteiger partial charge in [0.05, 0.1) is 24.0 Å². The van der Waals surface area contributed by atoms with E-state index in [0.29, 0.717) is 17.1 Å². The van der Waals surface area contributed by atoms with Crippen LogP contribution in [0.5, 0.6) is 5.75 Å². The van der Waals surface area contributed by atoms with Crippen LogP contribution in [0.3, 0.4) is 0 Å². The first-order valence-corrected chi connectivity index (χ1v) is 12.8. The van der Waals surface area contributed by atoms with Gasteiger partial charge in [-0.15, -0.1) is 10.2 Å². The lowest BCUT2D eigenvalue weighted by molar-refractivity contribution is -0.117. The van der Waals surface area contributed by atoms with Gasteiger partial charge in [-0.3, -0.25) is 23.7 Å². The molecule has 0 unspecified atom stereocenters. The molecule has 3 amide bonds. The Balaban J connectivity index is 1.39. The number of benzene rings is 2. The summed E-state index contributed by atoms with van der Waals surface area (Å²) in [6.45, 7) is 0. The molecule has 1 aliphatic rings. The third-order valence-electron chi connectivity index (χ3n) is 6.39. The van der Waals surface area contributed by atoms with Gasteiger partial charge >= 0.3 is 0 Å². The molecule has 1 aliphatic carbocycles. The van der Waals surface area contributed by atoms with Crippen molar-refractivity contribution in [1.29, 1.82) is 0 Å². The van der Waals surface area contributed by atoms with Gasteiger partial charge in [0.1, 0.15) is 0 Å². The Labute approximate surface area is 234 Å². The first-order valence-electron chi connectivity index (χ1n) is 12.8. The number of methoxy groups -OCH3 is 1. The topological polar surface area (TPSA) is 156 Å². The van der Waals surface area contributed by atoms with E-state index in [-0.39, 0.29) is 45.9 Å². The van der Waals surface area contributed by atoms with Crippen LogP contribution in [0.4, 0.5) is 22.9 Å². The summed E-state index contributed by atoms with van der Waals surface area (Å²) in [5, 5.41) is 19.1. The minimum atomic E-state index is -0.492. The third-order valence-corrected chi connectivity index (χ3v) is 6.39. The summed E-state index contributed by atoms with van der Waals surface area (Å²) in [4.78, 5) is 50.1. The molecule has 12 nitrogen and oxygen atoms in total. The van der Waals surface area contributed by atoms with Crippen molar-refractivity contribution in [3.63, 3.8) is 0 Å². The van der Waals surface area contributed by atoms with E-state index in [1.165, 1.54) is 30.9 Å². The second kappa shape index (κ2) is 11.7. The van der Waals surface area contributed by atoms with Crippen LogP contribution in [0.25, 0.3) is 5.69 Å². The molecule has 41 heavy (non-hydrogen) atoms. The zero-order valence-corrected chi connectivity index (χ0v) is 22.3. The highest BCUT2D eigenvalue weighted by atomic mass is 16.5. The van der Waals surface area contributed by atoms with E-state index >= 15 is 0 Å². The van der Waals surface area contributed by atoms with E-state index in [1.807, 2.05) is 0 Å². The Kier molecular flexibility index (Phi) is 7.72. The van der Waals surface area contributed by atoms with E-state index in [9.17, 15) is 19.2 Å². The van der Waals surface area contributed by atoms with Crippen molar-refractivity contribution in [3.8, 4) is 11.4 Å². The molecule has 5 rings (SSSR count). The number of amides is 3. The monoisotopic (exact) mass is 553 g/mol. The molecule has 4 aromatic rings. The van der Waals surface area contributed by atoms with Crippen LogP contribution in [0.2, 0.25) is 0 Å². The van der Waals surface area contributed by atoms with Crippen molar-refractivity contribution in [2.75, 3.05) is 30.1 Å². The number of hydrogen-bond acceptors (Lipinski definition) is 8. The summed E-state index contributed by atoms with van der Waals surface area (Å²) in [6.07, 6.45) is 3.31. The highest BCUT2D eigenvalue weighted by molar-refractivity contribution is 6.08. The van der Waals surface area contributed by atoms with Gasteiger partial charge in [-0.05, 0) is 55.3 Å². The molecule has 4 N–H and O–H groups in total. The van der Waals surface area contributed by atoms with Gasteiger partial charge in [0.25, 0.3) is 17.4 Å². The Hall–Kier alpha value is -5.52. The van der Waals surface area contributed by atoms with E-state index < -0.39 is 11.8 Å². The second-order valence-electron chi connectivity index (χ2n) is 9.26. The number of rotatable bonds is 9. The smallest absolute Gasteiger partial charge is 0.273 e. The van der Waals surface area contributed by atoms with Crippen molar-refractivity contribution >= 4 is 40.6 Å². The molecule has 2 heterocycles. The van der Waals surface area contributed by atoms with Crippen molar-refractivity contribution in [1.82, 2.24) is 20.1 Å². The average molecular weight is 554 g/mol. The molecule has 12 heteroatoms. The number of aromatic nitrogens is 3. The molecule has 1 saturated carbocycles. The lowest BCUT2D eigenvalue weighted by atomic mass is 10.1. The molecule has 0 atom stereocenters. The van der Waals surface area contributed by atoms with E-state index in [4.69, 9.17) is 4.74 Å². The summed E-state index contributed by atoms with van der Waals surface area (Å²) < 4.78 is 7.08. The van der Waals surface area contributed by atoms with E-state index in [0.717, 1.165) is 12.8 Å². The maximum Gasteiger partial charge on any atom is 0.273 e. The molecule has 0 bridgehead atoms. The second-order valence-corrected chi connectivity index (χ2v) is 9.26. The summed E-state index contributed by atoms with van der Waals surface area (Å²) in [7, 11) is 2.89. The quantitative estimate of drug-likeness (QED) is 0.246. The van der Waals surface area contributed by atoms with Gasteiger partial charge < -0.3 is 26.0 Å². The number of pyridine rings is 1. The maximum atomic E-state index is 13.3. The predicted octanol–water partition coefficient (Wildman–Crippen LogP) is 3.34. The van der Waals surface area contributed by atoms with Gasteiger partial charge in [-0.1, -0.05) is 12.1 Å². The minimum absolute atomic E-state index is 0.00793. The molecular formula is C29H27N7O5. The average Bonchev–Trinajstić information content (AvgIpc) is 3.84. The van der Waals surface area contributed by atoms with Crippen LogP contribution < -0.4 is 31.6 Å². The van der Waals surface area contributed by atoms with Gasteiger partial charge in [0.15, 0.2) is 17.3 Å². The molecule has 1 fully saturated rings. The first kappa shape index (κ1) is 27.1. The van der Waals surface area contributed by atoms with Gasteiger partial charge in [-0.25, -0.2) is 0 Å². The number of nitrogens with zero attached hydrogens (tertiary/aromatic N) is 3. The van der Waals surface area contributed by atoms with Crippen LogP contribution in [-0.4, -0.2) is 46.6 Å². The van der Waals surface area contributed by atoms with E-state index in [1.54, 1.807) is 60.8 Å². The fraction of sp³-hybridized carbons (Fsp3) is 0.172. The third kappa shape index (κ3) is 6.06. The van der Waals surface area contributed by atoms with Crippen molar-refractivity contribution in [2.45, 2.75) is 12.8 Å². The molecule has 2 aromatic heterocycles. The number of anilines is 4. The van der Waals surface area contributed by atoms with Crippen LogP contribution in [-0.2, 0) is 4.79 Å². The predicted molar refractivity (Wildman–Crippen MR) is 153 cm³/mol. The number of ether oxygens (including phenoxy) is 1. The van der Waals surface area contributed by atoms with Gasteiger partial charge in [0.2, 0.25) is 5.91 Å². The zero-order valence-electron chi connectivity index (χ0n) is 22.3. The molecule has 208 valence electrons. The number of para-hydroxylation sites is 1. The van der Waals surface area contributed by atoms with Crippen LogP contribution in [0.1, 0.15) is 33.7 Å². The van der Waals surface area contributed by atoms with Crippen molar-refractivity contribution < 1.29 is 19.1 Å². The fourth-order valence-corrected chi connectivity index (χ4v) is 4.13. The molecule has 2 aromatic carbocycles. The lowest BCUT2D eigenvalue weighted by Crippen LogP contribution is -2.22. The molecule has 0 aliphatic heterocycles. The standard InChI is InChI=1S/C29H27N7O5/c1-30-29(40)25-22(16-23(34-35-25)33-27(38)17-9-10-17)32-21-7-5-6-20(26(21)41-2)28(39)31-18-11-13-19(14-12-18)36-15-4-3-8-24(36)37/h3-8,11-17H,9-10H2,1-2H3,(H,30,40)(H,31,39)(H2,32,33,34,38). The highest BCUT2D eigenvalue weighted by Gasteiger charge is 2.30. The molecule has 0 saturated heterocycles. The highest BCUT2D eigenvalue weighted by Crippen LogP contribution is 2.34. The fourth-order valence-electron chi connectivity index (χ4n) is 4.13. The van der Waals surface area contributed by atoms with Gasteiger partial charge in [0, 0.05) is 42.7 Å². The normalized spacial score (nSPS) is 12.2. The summed E-state index contributed by atoms with van der Waals surface area (Å²) in [5.74, 6) is -0.717. The van der Waals surface area contributed by atoms with Crippen molar-refractivity contribution in [2.24, 2.45) is 5.92 Å².